The number of ether oxygens (including phenoxy) is 1. The largest absolute Gasteiger partial charge is 0.425 e. The molecule has 0 saturated heterocycles. The summed E-state index contributed by atoms with van der Waals surface area (Å²) in [5, 5.41) is 24.7. The Balaban J connectivity index is 2.05. The van der Waals surface area contributed by atoms with E-state index >= 15 is 0 Å². The maximum Gasteiger partial charge on any atom is 0.195 e. The van der Waals surface area contributed by atoms with Gasteiger partial charge in [-0.3, -0.25) is 0 Å². The minimum Gasteiger partial charge on any atom is -0.425 e. The van der Waals surface area contributed by atoms with Gasteiger partial charge in [0, 0.05) is 24.6 Å². The molecular formula is C28H40N2O3. The summed E-state index contributed by atoms with van der Waals surface area (Å²) in [6.07, 6.45) is 14.1. The molecule has 0 heterocycles. The van der Waals surface area contributed by atoms with Crippen LogP contribution in [0.25, 0.3) is 0 Å². The van der Waals surface area contributed by atoms with Crippen LogP contribution in [-0.2, 0) is 4.74 Å². The van der Waals surface area contributed by atoms with Crippen molar-refractivity contribution in [2.45, 2.75) is 64.2 Å². The van der Waals surface area contributed by atoms with Gasteiger partial charge in [-0.25, -0.2) is 0 Å². The average molecular weight is 453 g/mol. The quantitative estimate of drug-likeness (QED) is 0.148. The first-order chi connectivity index (χ1) is 16.3. The molecule has 0 aromatic heterocycles. The van der Waals surface area contributed by atoms with Gasteiger partial charge in [0.25, 0.3) is 0 Å². The van der Waals surface area contributed by atoms with Crippen molar-refractivity contribution in [2.24, 2.45) is 0 Å². The molecule has 0 spiro atoms. The van der Waals surface area contributed by atoms with Crippen molar-refractivity contribution in [3.05, 3.63) is 84.6 Å². The van der Waals surface area contributed by atoms with E-state index in [1.807, 2.05) is 60.7 Å². The molecule has 0 aliphatic carbocycles. The molecule has 0 aliphatic heterocycles. The first-order valence-corrected chi connectivity index (χ1v) is 12.3. The van der Waals surface area contributed by atoms with Crippen LogP contribution in [0.15, 0.2) is 84.6 Å². The van der Waals surface area contributed by atoms with Crippen molar-refractivity contribution in [1.82, 2.24) is 0 Å². The molecular weight excluding hydrogens is 412 g/mol. The zero-order valence-electron chi connectivity index (χ0n) is 19.7. The fourth-order valence-electron chi connectivity index (χ4n) is 3.37. The number of allylic oxidation sites excluding steroid dienone is 2. The highest BCUT2D eigenvalue weighted by Gasteiger charge is 2.06. The zero-order chi connectivity index (χ0) is 23.4. The van der Waals surface area contributed by atoms with E-state index < -0.39 is 0 Å². The van der Waals surface area contributed by atoms with Gasteiger partial charge in [0.1, 0.15) is 0 Å². The van der Waals surface area contributed by atoms with Crippen LogP contribution in [0.3, 0.4) is 0 Å². The summed E-state index contributed by atoms with van der Waals surface area (Å²) >= 11 is 0. The summed E-state index contributed by atoms with van der Waals surface area (Å²) in [6.45, 7) is 0.526. The van der Waals surface area contributed by atoms with E-state index in [0.717, 1.165) is 75.6 Å². The van der Waals surface area contributed by atoms with Crippen LogP contribution in [0, 0.1) is 0 Å². The van der Waals surface area contributed by atoms with E-state index in [1.165, 1.54) is 0 Å². The van der Waals surface area contributed by atoms with E-state index in [9.17, 15) is 0 Å². The van der Waals surface area contributed by atoms with Crippen molar-refractivity contribution in [1.29, 1.82) is 0 Å². The third kappa shape index (κ3) is 12.8. The van der Waals surface area contributed by atoms with Gasteiger partial charge in [-0.2, -0.15) is 0 Å². The second-order valence-corrected chi connectivity index (χ2v) is 8.07. The number of nitrogens with one attached hydrogen (secondary N) is 2. The van der Waals surface area contributed by atoms with Gasteiger partial charge in [0.05, 0.1) is 0 Å². The Bertz CT molecular complexity index is 724. The third-order valence-electron chi connectivity index (χ3n) is 5.19. The Morgan fingerprint density at radius 1 is 0.576 bits per heavy atom. The first kappa shape index (κ1) is 26.5. The Hall–Kier alpha value is -2.76. The number of hydrogen-bond acceptors (Lipinski definition) is 5. The molecule has 180 valence electrons. The summed E-state index contributed by atoms with van der Waals surface area (Å²) < 4.78 is 6.33. The van der Waals surface area contributed by atoms with Crippen molar-refractivity contribution < 1.29 is 14.9 Å². The monoisotopic (exact) mass is 452 g/mol. The number of anilines is 2. The first-order valence-electron chi connectivity index (χ1n) is 12.3. The van der Waals surface area contributed by atoms with Gasteiger partial charge < -0.3 is 25.6 Å². The molecule has 5 heteroatoms. The third-order valence-corrected chi connectivity index (χ3v) is 5.19. The van der Waals surface area contributed by atoms with Crippen LogP contribution in [-0.4, -0.2) is 23.4 Å². The van der Waals surface area contributed by atoms with E-state index in [1.54, 1.807) is 0 Å². The average Bonchev–Trinajstić information content (AvgIpc) is 2.84. The maximum atomic E-state index is 8.96. The smallest absolute Gasteiger partial charge is 0.195 e. The topological polar surface area (TPSA) is 73.8 Å². The van der Waals surface area contributed by atoms with Gasteiger partial charge in [0.2, 0.25) is 0 Å². The molecule has 0 amide bonds. The predicted octanol–water partition coefficient (Wildman–Crippen LogP) is 6.80. The van der Waals surface area contributed by atoms with E-state index in [-0.39, 0.29) is 13.2 Å². The molecule has 0 atom stereocenters. The highest BCUT2D eigenvalue weighted by molar-refractivity contribution is 5.49. The zero-order valence-corrected chi connectivity index (χ0v) is 19.7. The van der Waals surface area contributed by atoms with Crippen molar-refractivity contribution in [3.8, 4) is 0 Å². The Morgan fingerprint density at radius 2 is 0.970 bits per heavy atom. The highest BCUT2D eigenvalue weighted by atomic mass is 16.5. The summed E-state index contributed by atoms with van der Waals surface area (Å²) in [7, 11) is 0. The number of para-hydroxylation sites is 2. The molecule has 0 unspecified atom stereocenters. The molecule has 2 aromatic carbocycles. The maximum absolute atomic E-state index is 8.96. The van der Waals surface area contributed by atoms with Gasteiger partial charge >= 0.3 is 0 Å². The Labute approximate surface area is 199 Å². The summed E-state index contributed by atoms with van der Waals surface area (Å²) in [5.74, 6) is 1.41. The molecule has 33 heavy (non-hydrogen) atoms. The lowest BCUT2D eigenvalue weighted by molar-refractivity contribution is 0.282. The fraction of sp³-hybridized carbons (Fsp3) is 0.429. The predicted molar refractivity (Wildman–Crippen MR) is 138 cm³/mol. The number of aliphatic hydroxyl groups is 2. The second kappa shape index (κ2) is 17.8. The minimum absolute atomic E-state index is 0.263. The highest BCUT2D eigenvalue weighted by Crippen LogP contribution is 2.18. The molecule has 2 rings (SSSR count). The lowest BCUT2D eigenvalue weighted by Gasteiger charge is -2.17. The number of benzene rings is 2. The SMILES string of the molecule is OCCCCCCC=C(Nc1ccccc1)OC(=CCCCCCCO)Nc1ccccc1. The van der Waals surface area contributed by atoms with Crippen molar-refractivity contribution in [3.63, 3.8) is 0 Å². The molecule has 0 bridgehead atoms. The van der Waals surface area contributed by atoms with E-state index in [2.05, 4.69) is 22.8 Å². The number of aliphatic hydroxyl groups excluding tert-OH is 2. The van der Waals surface area contributed by atoms with Crippen LogP contribution in [0.5, 0.6) is 0 Å². The molecule has 0 radical (unpaired) electrons. The Morgan fingerprint density at radius 3 is 1.36 bits per heavy atom. The van der Waals surface area contributed by atoms with Crippen LogP contribution < -0.4 is 10.6 Å². The van der Waals surface area contributed by atoms with E-state index in [4.69, 9.17) is 14.9 Å². The van der Waals surface area contributed by atoms with Gasteiger partial charge in [-0.1, -0.05) is 62.1 Å². The lowest BCUT2D eigenvalue weighted by Crippen LogP contribution is -2.10. The lowest BCUT2D eigenvalue weighted by atomic mass is 10.1. The normalized spacial score (nSPS) is 11.9. The van der Waals surface area contributed by atoms with Crippen molar-refractivity contribution >= 4 is 11.4 Å². The minimum atomic E-state index is 0.263. The van der Waals surface area contributed by atoms with Gasteiger partial charge in [-0.15, -0.1) is 0 Å². The van der Waals surface area contributed by atoms with Crippen LogP contribution in [0.2, 0.25) is 0 Å². The number of hydrogen-bond donors (Lipinski definition) is 4. The molecule has 0 aliphatic rings. The second-order valence-electron chi connectivity index (χ2n) is 8.07. The number of rotatable bonds is 18. The van der Waals surface area contributed by atoms with E-state index in [0.29, 0.717) is 11.8 Å². The van der Waals surface area contributed by atoms with Crippen LogP contribution >= 0.6 is 0 Å². The fourth-order valence-corrected chi connectivity index (χ4v) is 3.37. The molecule has 0 fully saturated rings. The number of unbranched alkanes of at least 4 members (excludes halogenated alkanes) is 8. The standard InChI is InChI=1S/C28H40N2O3/c31-23-15-5-1-3-13-21-27(29-25-17-9-7-10-18-25)33-28(22-14-4-2-6-16-24-32)30-26-19-11-8-12-20-26/h7-12,17-22,29-32H,1-6,13-16,23-24H2. The van der Waals surface area contributed by atoms with Gasteiger partial charge in [0.15, 0.2) is 11.8 Å². The van der Waals surface area contributed by atoms with Crippen LogP contribution in [0.4, 0.5) is 11.4 Å². The molecule has 4 N–H and O–H groups in total. The van der Waals surface area contributed by atoms with Crippen LogP contribution in [0.1, 0.15) is 64.2 Å². The summed E-state index contributed by atoms with van der Waals surface area (Å²) in [4.78, 5) is 0. The Kier molecular flexibility index (Phi) is 14.3. The summed E-state index contributed by atoms with van der Waals surface area (Å²) in [5.41, 5.74) is 1.96. The molecule has 2 aromatic rings. The van der Waals surface area contributed by atoms with Gasteiger partial charge in [-0.05, 0) is 74.9 Å². The van der Waals surface area contributed by atoms with Crippen molar-refractivity contribution in [2.75, 3.05) is 23.8 Å². The molecule has 0 saturated carbocycles. The molecule has 5 nitrogen and oxygen atoms in total. The summed E-state index contributed by atoms with van der Waals surface area (Å²) in [6, 6.07) is 20.1.